The molecule has 1 N–H and O–H groups in total. The average Bonchev–Trinajstić information content (AvgIpc) is 3.05. The number of anilines is 1. The molecule has 2 aromatic heterocycles. The first-order chi connectivity index (χ1) is 13.9. The van der Waals surface area contributed by atoms with Gasteiger partial charge in [-0.3, -0.25) is 0 Å². The zero-order valence-corrected chi connectivity index (χ0v) is 17.6. The van der Waals surface area contributed by atoms with E-state index in [4.69, 9.17) is 10.1 Å². The van der Waals surface area contributed by atoms with Gasteiger partial charge in [-0.25, -0.2) is 4.98 Å². The molecule has 0 bridgehead atoms. The van der Waals surface area contributed by atoms with Gasteiger partial charge >= 0.3 is 0 Å². The fraction of sp³-hybridized carbons (Fsp3) is 0.280. The van der Waals surface area contributed by atoms with Gasteiger partial charge in [-0.1, -0.05) is 81.4 Å². The Hall–Kier alpha value is -3.14. The summed E-state index contributed by atoms with van der Waals surface area (Å²) in [6.45, 7) is 9.49. The van der Waals surface area contributed by atoms with E-state index < -0.39 is 0 Å². The molecule has 0 atom stereocenters. The van der Waals surface area contributed by atoms with E-state index in [1.165, 1.54) is 5.56 Å². The van der Waals surface area contributed by atoms with Crippen LogP contribution in [0.4, 0.5) is 5.82 Å². The number of nitrogens with zero attached hydrogens (tertiary/aromatic N) is 3. The summed E-state index contributed by atoms with van der Waals surface area (Å²) < 4.78 is 1.96. The van der Waals surface area contributed by atoms with Gasteiger partial charge in [0.25, 0.3) is 0 Å². The second kappa shape index (κ2) is 7.70. The zero-order valence-electron chi connectivity index (χ0n) is 17.6. The minimum Gasteiger partial charge on any atom is -0.370 e. The molecule has 2 heterocycles. The van der Waals surface area contributed by atoms with Crippen molar-refractivity contribution >= 4 is 11.5 Å². The third kappa shape index (κ3) is 4.02. The van der Waals surface area contributed by atoms with Gasteiger partial charge in [0.15, 0.2) is 5.65 Å². The van der Waals surface area contributed by atoms with Gasteiger partial charge in [0.05, 0.1) is 11.4 Å². The Labute approximate surface area is 172 Å². The van der Waals surface area contributed by atoms with Gasteiger partial charge in [-0.05, 0) is 24.5 Å². The molecule has 0 amide bonds. The predicted molar refractivity (Wildman–Crippen MR) is 120 cm³/mol. The van der Waals surface area contributed by atoms with Crippen molar-refractivity contribution < 1.29 is 0 Å². The summed E-state index contributed by atoms with van der Waals surface area (Å²) in [5.74, 6) is 0.987. The summed E-state index contributed by atoms with van der Waals surface area (Å²) >= 11 is 0. The Morgan fingerprint density at radius 2 is 1.59 bits per heavy atom. The molecule has 2 aromatic carbocycles. The molecule has 4 rings (SSSR count). The maximum Gasteiger partial charge on any atom is 0.165 e. The van der Waals surface area contributed by atoms with Crippen LogP contribution in [0.25, 0.3) is 16.8 Å². The van der Waals surface area contributed by atoms with E-state index in [-0.39, 0.29) is 5.41 Å². The Morgan fingerprint density at radius 1 is 0.931 bits per heavy atom. The van der Waals surface area contributed by atoms with E-state index in [0.717, 1.165) is 46.9 Å². The van der Waals surface area contributed by atoms with Crippen LogP contribution in [-0.4, -0.2) is 21.1 Å². The first kappa shape index (κ1) is 19.2. The van der Waals surface area contributed by atoms with Crippen molar-refractivity contribution in [2.24, 2.45) is 0 Å². The molecule has 0 aliphatic heterocycles. The van der Waals surface area contributed by atoms with Crippen molar-refractivity contribution in [1.82, 2.24) is 14.6 Å². The highest BCUT2D eigenvalue weighted by atomic mass is 15.3. The van der Waals surface area contributed by atoms with Gasteiger partial charge in [-0.2, -0.15) is 9.61 Å². The highest BCUT2D eigenvalue weighted by molar-refractivity contribution is 5.81. The molecule has 0 fully saturated rings. The maximum atomic E-state index is 5.03. The molecule has 4 aromatic rings. The Balaban J connectivity index is 1.76. The first-order valence-corrected chi connectivity index (χ1v) is 10.2. The summed E-state index contributed by atoms with van der Waals surface area (Å²) in [5, 5.41) is 8.43. The molecular formula is C25H28N4. The van der Waals surface area contributed by atoms with Crippen LogP contribution in [0, 0.1) is 6.92 Å². The topological polar surface area (TPSA) is 42.2 Å². The van der Waals surface area contributed by atoms with Crippen molar-refractivity contribution in [2.45, 2.75) is 39.5 Å². The molecule has 0 aliphatic carbocycles. The van der Waals surface area contributed by atoms with Crippen LogP contribution in [0.15, 0.2) is 66.7 Å². The van der Waals surface area contributed by atoms with E-state index in [2.05, 4.69) is 93.7 Å². The number of rotatable bonds is 5. The van der Waals surface area contributed by atoms with Gasteiger partial charge in [-0.15, -0.1) is 0 Å². The number of nitrogens with one attached hydrogen (secondary N) is 1. The molecule has 148 valence electrons. The van der Waals surface area contributed by atoms with Gasteiger partial charge in [0.2, 0.25) is 0 Å². The predicted octanol–water partition coefficient (Wildman–Crippen LogP) is 5.66. The van der Waals surface area contributed by atoms with Gasteiger partial charge in [0, 0.05) is 23.6 Å². The van der Waals surface area contributed by atoms with Crippen molar-refractivity contribution in [1.29, 1.82) is 0 Å². The molecule has 0 radical (unpaired) electrons. The molecule has 29 heavy (non-hydrogen) atoms. The number of aryl methyl sites for hydroxylation is 1. The Kier molecular flexibility index (Phi) is 5.10. The molecule has 0 spiro atoms. The normalized spacial score (nSPS) is 11.7. The highest BCUT2D eigenvalue weighted by Crippen LogP contribution is 2.31. The molecule has 4 nitrogen and oxygen atoms in total. The molecule has 4 heteroatoms. The van der Waals surface area contributed by atoms with Gasteiger partial charge in [0.1, 0.15) is 5.82 Å². The molecule has 0 unspecified atom stereocenters. The minimum atomic E-state index is -0.0518. The third-order valence-corrected chi connectivity index (χ3v) is 5.16. The second-order valence-electron chi connectivity index (χ2n) is 8.50. The highest BCUT2D eigenvalue weighted by Gasteiger charge is 2.22. The van der Waals surface area contributed by atoms with Crippen LogP contribution in [0.3, 0.4) is 0 Å². The number of aromatic nitrogens is 3. The van der Waals surface area contributed by atoms with Crippen LogP contribution in [0.2, 0.25) is 0 Å². The van der Waals surface area contributed by atoms with Crippen LogP contribution >= 0.6 is 0 Å². The van der Waals surface area contributed by atoms with Crippen molar-refractivity contribution in [3.8, 4) is 11.1 Å². The lowest BCUT2D eigenvalue weighted by Crippen LogP contribution is -2.17. The Morgan fingerprint density at radius 3 is 2.24 bits per heavy atom. The fourth-order valence-electron chi connectivity index (χ4n) is 3.56. The van der Waals surface area contributed by atoms with Crippen LogP contribution in [-0.2, 0) is 11.8 Å². The van der Waals surface area contributed by atoms with Crippen LogP contribution in [0.1, 0.15) is 37.7 Å². The molecule has 0 saturated heterocycles. The lowest BCUT2D eigenvalue weighted by molar-refractivity contribution is 0.568. The van der Waals surface area contributed by atoms with E-state index in [1.54, 1.807) is 0 Å². The van der Waals surface area contributed by atoms with Crippen molar-refractivity contribution in [3.63, 3.8) is 0 Å². The number of hydrogen-bond donors (Lipinski definition) is 1. The standard InChI is InChI=1S/C25H28N4/c1-18-23(20-13-9-6-10-14-20)24-27-21(25(2,3)4)17-22(29(24)28-18)26-16-15-19-11-7-5-8-12-19/h5-14,17,26H,15-16H2,1-4H3. The van der Waals surface area contributed by atoms with E-state index in [9.17, 15) is 0 Å². The SMILES string of the molecule is Cc1nn2c(NCCc3ccccc3)cc(C(C)(C)C)nc2c1-c1ccccc1. The maximum absolute atomic E-state index is 5.03. The van der Waals surface area contributed by atoms with E-state index >= 15 is 0 Å². The monoisotopic (exact) mass is 384 g/mol. The molecular weight excluding hydrogens is 356 g/mol. The summed E-state index contributed by atoms with van der Waals surface area (Å²) in [6.07, 6.45) is 0.960. The largest absolute Gasteiger partial charge is 0.370 e. The lowest BCUT2D eigenvalue weighted by Gasteiger charge is -2.20. The average molecular weight is 385 g/mol. The second-order valence-corrected chi connectivity index (χ2v) is 8.50. The zero-order chi connectivity index (χ0) is 20.4. The molecule has 0 saturated carbocycles. The molecule has 0 aliphatic rings. The number of fused-ring (bicyclic) bond motifs is 1. The lowest BCUT2D eigenvalue weighted by atomic mass is 9.92. The first-order valence-electron chi connectivity index (χ1n) is 10.2. The fourth-order valence-corrected chi connectivity index (χ4v) is 3.56. The summed E-state index contributed by atoms with van der Waals surface area (Å²) in [6, 6.07) is 23.1. The number of hydrogen-bond acceptors (Lipinski definition) is 3. The Bertz CT molecular complexity index is 1110. The van der Waals surface area contributed by atoms with E-state index in [0.29, 0.717) is 0 Å². The van der Waals surface area contributed by atoms with E-state index in [1.807, 2.05) is 10.6 Å². The summed E-state index contributed by atoms with van der Waals surface area (Å²) in [4.78, 5) is 5.03. The van der Waals surface area contributed by atoms with Crippen LogP contribution < -0.4 is 5.32 Å². The summed E-state index contributed by atoms with van der Waals surface area (Å²) in [7, 11) is 0. The third-order valence-electron chi connectivity index (χ3n) is 5.16. The smallest absolute Gasteiger partial charge is 0.165 e. The van der Waals surface area contributed by atoms with Crippen LogP contribution in [0.5, 0.6) is 0 Å². The van der Waals surface area contributed by atoms with Crippen molar-refractivity contribution in [2.75, 3.05) is 11.9 Å². The summed E-state index contributed by atoms with van der Waals surface area (Å²) in [5.41, 5.74) is 6.47. The van der Waals surface area contributed by atoms with Gasteiger partial charge < -0.3 is 5.32 Å². The van der Waals surface area contributed by atoms with Crippen molar-refractivity contribution in [3.05, 3.63) is 83.7 Å². The number of benzene rings is 2. The quantitative estimate of drug-likeness (QED) is 0.483. The minimum absolute atomic E-state index is 0.0518.